The van der Waals surface area contributed by atoms with Gasteiger partial charge in [0.25, 0.3) is 10.0 Å². The van der Waals surface area contributed by atoms with Gasteiger partial charge in [0.15, 0.2) is 0 Å². The summed E-state index contributed by atoms with van der Waals surface area (Å²) in [7, 11) is -3.46. The van der Waals surface area contributed by atoms with Crippen LogP contribution in [0.15, 0.2) is 40.6 Å². The molecule has 0 spiro atoms. The van der Waals surface area contributed by atoms with Gasteiger partial charge in [-0.25, -0.2) is 8.42 Å². The van der Waals surface area contributed by atoms with E-state index in [1.165, 1.54) is 15.6 Å². The zero-order valence-corrected chi connectivity index (χ0v) is 15.8. The Balaban J connectivity index is 0.00000264. The van der Waals surface area contributed by atoms with Crippen molar-refractivity contribution in [3.8, 4) is 0 Å². The lowest BCUT2D eigenvalue weighted by Gasteiger charge is -2.20. The van der Waals surface area contributed by atoms with Crippen LogP contribution in [0.3, 0.4) is 0 Å². The van der Waals surface area contributed by atoms with Crippen molar-refractivity contribution in [3.05, 3.63) is 52.4 Å². The highest BCUT2D eigenvalue weighted by atomic mass is 35.5. The summed E-state index contributed by atoms with van der Waals surface area (Å²) in [5, 5.41) is 0. The van der Waals surface area contributed by atoms with Gasteiger partial charge in [-0.1, -0.05) is 30.3 Å². The summed E-state index contributed by atoms with van der Waals surface area (Å²) in [5.74, 6) is 0. The molecule has 0 bridgehead atoms. The lowest BCUT2D eigenvalue weighted by Crippen LogP contribution is -2.36. The predicted molar refractivity (Wildman–Crippen MR) is 99.0 cm³/mol. The van der Waals surface area contributed by atoms with Crippen molar-refractivity contribution in [1.29, 1.82) is 0 Å². The summed E-state index contributed by atoms with van der Waals surface area (Å²) in [6, 6.07) is 11.6. The maximum Gasteiger partial charge on any atom is 0.252 e. The normalized spacial score (nSPS) is 11.5. The topological polar surface area (TPSA) is 63.4 Å². The fourth-order valence-electron chi connectivity index (χ4n) is 2.19. The van der Waals surface area contributed by atoms with Crippen LogP contribution in [-0.4, -0.2) is 32.4 Å². The molecule has 1 aromatic carbocycles. The Bertz CT molecular complexity index is 695. The molecule has 0 saturated carbocycles. The molecule has 0 unspecified atom stereocenters. The summed E-state index contributed by atoms with van der Waals surface area (Å²) in [6.45, 7) is 4.97. The van der Waals surface area contributed by atoms with Crippen molar-refractivity contribution in [2.24, 2.45) is 5.73 Å². The highest BCUT2D eigenvalue weighted by Gasteiger charge is 2.25. The Kier molecular flexibility index (Phi) is 7.70. The third-order valence-corrected chi connectivity index (χ3v) is 7.11. The van der Waals surface area contributed by atoms with Gasteiger partial charge < -0.3 is 5.73 Å². The molecule has 2 rings (SSSR count). The van der Waals surface area contributed by atoms with Gasteiger partial charge in [0.05, 0.1) is 0 Å². The number of benzene rings is 1. The quantitative estimate of drug-likeness (QED) is 0.810. The molecule has 0 fully saturated rings. The number of sulfonamides is 1. The maximum atomic E-state index is 12.8. The van der Waals surface area contributed by atoms with Crippen molar-refractivity contribution in [2.75, 3.05) is 19.6 Å². The highest BCUT2D eigenvalue weighted by Crippen LogP contribution is 2.27. The van der Waals surface area contributed by atoms with Gasteiger partial charge in [0, 0.05) is 24.5 Å². The third-order valence-electron chi connectivity index (χ3n) is 3.61. The van der Waals surface area contributed by atoms with Crippen LogP contribution in [0.25, 0.3) is 0 Å². The Labute approximate surface area is 148 Å². The fraction of sp³-hybridized carbons (Fsp3) is 0.375. The van der Waals surface area contributed by atoms with Gasteiger partial charge in [-0.3, -0.25) is 0 Å². The Morgan fingerprint density at radius 2 is 1.78 bits per heavy atom. The summed E-state index contributed by atoms with van der Waals surface area (Å²) in [6.07, 6.45) is 0.684. The van der Waals surface area contributed by atoms with E-state index in [-0.39, 0.29) is 12.4 Å². The zero-order chi connectivity index (χ0) is 16.2. The second-order valence-corrected chi connectivity index (χ2v) is 8.65. The van der Waals surface area contributed by atoms with Gasteiger partial charge in [-0.05, 0) is 37.5 Å². The molecule has 0 amide bonds. The number of thiophene rings is 1. The molecule has 4 nitrogen and oxygen atoms in total. The summed E-state index contributed by atoms with van der Waals surface area (Å²) >= 11 is 1.33. The molecular weight excluding hydrogens is 352 g/mol. The Morgan fingerprint density at radius 1 is 1.13 bits per heavy atom. The van der Waals surface area contributed by atoms with Crippen LogP contribution >= 0.6 is 23.7 Å². The van der Waals surface area contributed by atoms with E-state index < -0.39 is 10.0 Å². The molecular formula is C16H23ClN2O2S2. The molecule has 7 heteroatoms. The first-order chi connectivity index (χ1) is 10.4. The largest absolute Gasteiger partial charge is 0.329 e. The number of hydrogen-bond donors (Lipinski definition) is 1. The first kappa shape index (κ1) is 20.1. The van der Waals surface area contributed by atoms with Crippen LogP contribution in [0.1, 0.15) is 16.0 Å². The van der Waals surface area contributed by atoms with Crippen LogP contribution in [-0.2, 0) is 16.4 Å². The summed E-state index contributed by atoms with van der Waals surface area (Å²) < 4.78 is 27.5. The van der Waals surface area contributed by atoms with E-state index >= 15 is 0 Å². The number of halogens is 1. The molecule has 2 N–H and O–H groups in total. The molecule has 0 aliphatic rings. The van der Waals surface area contributed by atoms with Crippen LogP contribution in [0, 0.1) is 13.8 Å². The second kappa shape index (κ2) is 8.80. The zero-order valence-electron chi connectivity index (χ0n) is 13.4. The molecule has 0 aliphatic carbocycles. The number of hydrogen-bond acceptors (Lipinski definition) is 4. The minimum atomic E-state index is -3.46. The molecule has 128 valence electrons. The lowest BCUT2D eigenvalue weighted by atomic mass is 10.1. The standard InChI is InChI=1S/C16H22N2O2S2.ClH/c1-13-12-16(21-14(13)2)22(19,20)18(11-9-17)10-8-15-6-4-3-5-7-15;/h3-7,12H,8-11,17H2,1-2H3;1H. The van der Waals surface area contributed by atoms with Crippen molar-refractivity contribution < 1.29 is 8.42 Å². The molecule has 1 aromatic heterocycles. The Hall–Kier alpha value is -0.920. The molecule has 0 atom stereocenters. The number of aryl methyl sites for hydroxylation is 2. The van der Waals surface area contributed by atoms with Crippen LogP contribution in [0.2, 0.25) is 0 Å². The van der Waals surface area contributed by atoms with Gasteiger partial charge in [0.1, 0.15) is 4.21 Å². The Morgan fingerprint density at radius 3 is 2.30 bits per heavy atom. The summed E-state index contributed by atoms with van der Waals surface area (Å²) in [4.78, 5) is 1.04. The van der Waals surface area contributed by atoms with E-state index in [1.807, 2.05) is 44.2 Å². The van der Waals surface area contributed by atoms with Crippen LogP contribution in [0.4, 0.5) is 0 Å². The number of nitrogens with zero attached hydrogens (tertiary/aromatic N) is 1. The average molecular weight is 375 g/mol. The van der Waals surface area contributed by atoms with E-state index in [0.29, 0.717) is 30.3 Å². The fourth-order valence-corrected chi connectivity index (χ4v) is 5.32. The third kappa shape index (κ3) is 5.02. The molecule has 0 aliphatic heterocycles. The SMILES string of the molecule is Cc1cc(S(=O)(=O)N(CCN)CCc2ccccc2)sc1C.Cl. The summed E-state index contributed by atoms with van der Waals surface area (Å²) in [5.41, 5.74) is 7.74. The van der Waals surface area contributed by atoms with Gasteiger partial charge >= 0.3 is 0 Å². The molecule has 23 heavy (non-hydrogen) atoms. The monoisotopic (exact) mass is 374 g/mol. The predicted octanol–water partition coefficient (Wildman–Crippen LogP) is 2.98. The van der Waals surface area contributed by atoms with Crippen LogP contribution < -0.4 is 5.73 Å². The van der Waals surface area contributed by atoms with Gasteiger partial charge in [-0.2, -0.15) is 4.31 Å². The smallest absolute Gasteiger partial charge is 0.252 e. The van der Waals surface area contributed by atoms with E-state index in [0.717, 1.165) is 16.0 Å². The van der Waals surface area contributed by atoms with Gasteiger partial charge in [-0.15, -0.1) is 23.7 Å². The highest BCUT2D eigenvalue weighted by molar-refractivity contribution is 7.91. The minimum Gasteiger partial charge on any atom is -0.329 e. The molecule has 0 saturated heterocycles. The van der Waals surface area contributed by atoms with E-state index in [2.05, 4.69) is 0 Å². The van der Waals surface area contributed by atoms with E-state index in [1.54, 1.807) is 6.07 Å². The lowest BCUT2D eigenvalue weighted by molar-refractivity contribution is 0.423. The first-order valence-electron chi connectivity index (χ1n) is 7.26. The maximum absolute atomic E-state index is 12.8. The van der Waals surface area contributed by atoms with Gasteiger partial charge in [0.2, 0.25) is 0 Å². The number of nitrogens with two attached hydrogens (primary N) is 1. The first-order valence-corrected chi connectivity index (χ1v) is 9.52. The van der Waals surface area contributed by atoms with Crippen molar-refractivity contribution in [3.63, 3.8) is 0 Å². The van der Waals surface area contributed by atoms with E-state index in [9.17, 15) is 8.42 Å². The van der Waals surface area contributed by atoms with E-state index in [4.69, 9.17) is 5.73 Å². The molecule has 2 aromatic rings. The second-order valence-electron chi connectivity index (χ2n) is 5.23. The van der Waals surface area contributed by atoms with Crippen molar-refractivity contribution in [2.45, 2.75) is 24.5 Å². The van der Waals surface area contributed by atoms with Crippen molar-refractivity contribution in [1.82, 2.24) is 4.31 Å². The minimum absolute atomic E-state index is 0. The van der Waals surface area contributed by atoms with Crippen LogP contribution in [0.5, 0.6) is 0 Å². The van der Waals surface area contributed by atoms with Crippen molar-refractivity contribution >= 4 is 33.8 Å². The average Bonchev–Trinajstić information content (AvgIpc) is 2.85. The number of rotatable bonds is 7. The molecule has 0 radical (unpaired) electrons. The molecule has 1 heterocycles.